The van der Waals surface area contributed by atoms with Crippen molar-refractivity contribution in [3.63, 3.8) is 0 Å². The normalized spacial score (nSPS) is 45.4. The predicted molar refractivity (Wildman–Crippen MR) is 49.6 cm³/mol. The van der Waals surface area contributed by atoms with Gasteiger partial charge in [0.1, 0.15) is 0 Å². The van der Waals surface area contributed by atoms with Crippen LogP contribution in [0.3, 0.4) is 0 Å². The molecule has 1 aliphatic carbocycles. The predicted octanol–water partition coefficient (Wildman–Crippen LogP) is 0.127. The van der Waals surface area contributed by atoms with E-state index in [-0.39, 0.29) is 37.3 Å². The van der Waals surface area contributed by atoms with Crippen LogP contribution < -0.4 is 0 Å². The number of ether oxygens (including phenoxy) is 2. The van der Waals surface area contributed by atoms with Crippen molar-refractivity contribution in [2.45, 2.75) is 38.3 Å². The van der Waals surface area contributed by atoms with E-state index in [4.69, 9.17) is 9.47 Å². The number of fused-ring (bicyclic) bond motifs is 1. The van der Waals surface area contributed by atoms with Gasteiger partial charge in [-0.25, -0.2) is 0 Å². The second-order valence-electron chi connectivity index (χ2n) is 4.69. The van der Waals surface area contributed by atoms with E-state index in [1.807, 2.05) is 13.8 Å². The summed E-state index contributed by atoms with van der Waals surface area (Å²) in [6.07, 6.45) is 0.692. The first-order chi connectivity index (χ1) is 6.57. The van der Waals surface area contributed by atoms with Gasteiger partial charge in [0, 0.05) is 25.0 Å². The lowest BCUT2D eigenvalue weighted by molar-refractivity contribution is -0.164. The third-order valence-electron chi connectivity index (χ3n) is 3.17. The van der Waals surface area contributed by atoms with Crippen molar-refractivity contribution in [2.75, 3.05) is 13.2 Å². The Morgan fingerprint density at radius 2 is 1.50 bits per heavy atom. The van der Waals surface area contributed by atoms with Crippen LogP contribution in [0, 0.1) is 11.8 Å². The molecule has 4 heteroatoms. The summed E-state index contributed by atoms with van der Waals surface area (Å²) in [5.41, 5.74) is 0. The fourth-order valence-electron chi connectivity index (χ4n) is 2.56. The van der Waals surface area contributed by atoms with E-state index in [1.54, 1.807) is 0 Å². The molecule has 2 N–H and O–H groups in total. The molecule has 4 nitrogen and oxygen atoms in total. The molecule has 0 spiro atoms. The van der Waals surface area contributed by atoms with Gasteiger partial charge in [-0.1, -0.05) is 0 Å². The first kappa shape index (κ1) is 10.4. The molecule has 2 fully saturated rings. The van der Waals surface area contributed by atoms with E-state index >= 15 is 0 Å². The summed E-state index contributed by atoms with van der Waals surface area (Å²) in [4.78, 5) is 0. The van der Waals surface area contributed by atoms with Gasteiger partial charge in [-0.3, -0.25) is 0 Å². The zero-order chi connectivity index (χ0) is 10.3. The molecule has 82 valence electrons. The highest BCUT2D eigenvalue weighted by Gasteiger charge is 2.53. The minimum absolute atomic E-state index is 0.0489. The summed E-state index contributed by atoms with van der Waals surface area (Å²) in [5.74, 6) is -0.353. The molecule has 1 saturated heterocycles. The highest BCUT2D eigenvalue weighted by atomic mass is 16.8. The standard InChI is InChI=1S/C10H18O4/c1-10(2)13-8-6(4-11)3-7(5-12)9(8)14-10/h6-9,11-12H,3-5H2,1-2H3. The molecule has 0 aromatic rings. The van der Waals surface area contributed by atoms with Crippen LogP contribution in [0.1, 0.15) is 20.3 Å². The van der Waals surface area contributed by atoms with Crippen LogP contribution in [0.25, 0.3) is 0 Å². The molecular formula is C10H18O4. The molecule has 1 saturated carbocycles. The zero-order valence-electron chi connectivity index (χ0n) is 8.64. The summed E-state index contributed by atoms with van der Waals surface area (Å²) in [6.45, 7) is 3.95. The fourth-order valence-corrected chi connectivity index (χ4v) is 2.56. The minimum Gasteiger partial charge on any atom is -0.396 e. The molecule has 0 aromatic carbocycles. The highest BCUT2D eigenvalue weighted by Crippen LogP contribution is 2.44. The Labute approximate surface area is 83.8 Å². The van der Waals surface area contributed by atoms with Gasteiger partial charge >= 0.3 is 0 Å². The van der Waals surface area contributed by atoms with Gasteiger partial charge in [-0.15, -0.1) is 0 Å². The van der Waals surface area contributed by atoms with Gasteiger partial charge in [0.15, 0.2) is 5.79 Å². The molecule has 1 aliphatic heterocycles. The van der Waals surface area contributed by atoms with Crippen LogP contribution in [0.5, 0.6) is 0 Å². The van der Waals surface area contributed by atoms with Crippen molar-refractivity contribution in [1.82, 2.24) is 0 Å². The Balaban J connectivity index is 2.12. The third-order valence-corrected chi connectivity index (χ3v) is 3.17. The lowest BCUT2D eigenvalue weighted by atomic mass is 10.1. The molecular weight excluding hydrogens is 184 g/mol. The van der Waals surface area contributed by atoms with Crippen molar-refractivity contribution in [3.05, 3.63) is 0 Å². The van der Waals surface area contributed by atoms with Gasteiger partial charge in [-0.2, -0.15) is 0 Å². The molecule has 4 atom stereocenters. The Morgan fingerprint density at radius 3 is 1.86 bits per heavy atom. The summed E-state index contributed by atoms with van der Waals surface area (Å²) < 4.78 is 11.4. The Kier molecular flexibility index (Phi) is 2.55. The zero-order valence-corrected chi connectivity index (χ0v) is 8.64. The molecule has 0 radical (unpaired) electrons. The molecule has 0 aromatic heterocycles. The van der Waals surface area contributed by atoms with Crippen LogP contribution in [-0.2, 0) is 9.47 Å². The van der Waals surface area contributed by atoms with Crippen LogP contribution >= 0.6 is 0 Å². The Morgan fingerprint density at radius 1 is 1.07 bits per heavy atom. The quantitative estimate of drug-likeness (QED) is 0.668. The van der Waals surface area contributed by atoms with E-state index in [0.29, 0.717) is 0 Å². The lowest BCUT2D eigenvalue weighted by Crippen LogP contribution is -2.27. The largest absolute Gasteiger partial charge is 0.396 e. The number of hydrogen-bond donors (Lipinski definition) is 2. The fraction of sp³-hybridized carbons (Fsp3) is 1.00. The number of hydrogen-bond acceptors (Lipinski definition) is 4. The monoisotopic (exact) mass is 202 g/mol. The van der Waals surface area contributed by atoms with Crippen molar-refractivity contribution in [2.24, 2.45) is 11.8 Å². The van der Waals surface area contributed by atoms with Crippen LogP contribution in [0.2, 0.25) is 0 Å². The van der Waals surface area contributed by atoms with Gasteiger partial charge < -0.3 is 19.7 Å². The minimum atomic E-state index is -0.573. The molecule has 2 aliphatic rings. The SMILES string of the molecule is CC1(C)OC2C(CO)CC(CO)C2O1. The second kappa shape index (κ2) is 3.45. The van der Waals surface area contributed by atoms with Gasteiger partial charge in [0.25, 0.3) is 0 Å². The third kappa shape index (κ3) is 1.56. The summed E-state index contributed by atoms with van der Waals surface area (Å²) >= 11 is 0. The van der Waals surface area contributed by atoms with E-state index in [9.17, 15) is 10.2 Å². The average molecular weight is 202 g/mol. The van der Waals surface area contributed by atoms with Crippen molar-refractivity contribution in [3.8, 4) is 0 Å². The van der Waals surface area contributed by atoms with Gasteiger partial charge in [0.2, 0.25) is 0 Å². The van der Waals surface area contributed by atoms with Gasteiger partial charge in [0.05, 0.1) is 12.2 Å². The number of aliphatic hydroxyl groups is 2. The molecule has 14 heavy (non-hydrogen) atoms. The topological polar surface area (TPSA) is 58.9 Å². The number of rotatable bonds is 2. The summed E-state index contributed by atoms with van der Waals surface area (Å²) in [5, 5.41) is 18.4. The Hall–Kier alpha value is -0.160. The maximum Gasteiger partial charge on any atom is 0.163 e. The van der Waals surface area contributed by atoms with E-state index < -0.39 is 5.79 Å². The van der Waals surface area contributed by atoms with Crippen LogP contribution in [0.4, 0.5) is 0 Å². The maximum absolute atomic E-state index is 9.18. The number of aliphatic hydroxyl groups excluding tert-OH is 2. The maximum atomic E-state index is 9.18. The van der Waals surface area contributed by atoms with E-state index in [0.717, 1.165) is 6.42 Å². The van der Waals surface area contributed by atoms with E-state index in [1.165, 1.54) is 0 Å². The van der Waals surface area contributed by atoms with Crippen LogP contribution in [0.15, 0.2) is 0 Å². The lowest BCUT2D eigenvalue weighted by Gasteiger charge is -2.22. The van der Waals surface area contributed by atoms with Crippen molar-refractivity contribution >= 4 is 0 Å². The summed E-state index contributed by atoms with van der Waals surface area (Å²) in [7, 11) is 0. The Bertz CT molecular complexity index is 196. The van der Waals surface area contributed by atoms with Crippen molar-refractivity contribution in [1.29, 1.82) is 0 Å². The van der Waals surface area contributed by atoms with E-state index in [2.05, 4.69) is 0 Å². The average Bonchev–Trinajstić information content (AvgIpc) is 2.57. The van der Waals surface area contributed by atoms with Gasteiger partial charge in [-0.05, 0) is 20.3 Å². The smallest absolute Gasteiger partial charge is 0.163 e. The van der Waals surface area contributed by atoms with Crippen LogP contribution in [-0.4, -0.2) is 41.4 Å². The molecule has 2 rings (SSSR count). The first-order valence-electron chi connectivity index (χ1n) is 5.15. The highest BCUT2D eigenvalue weighted by molar-refractivity contribution is 4.97. The first-order valence-corrected chi connectivity index (χ1v) is 5.15. The molecule has 0 amide bonds. The second-order valence-corrected chi connectivity index (χ2v) is 4.69. The molecule has 1 heterocycles. The van der Waals surface area contributed by atoms with Crippen molar-refractivity contribution < 1.29 is 19.7 Å². The molecule has 4 unspecified atom stereocenters. The molecule has 0 bridgehead atoms. The summed E-state index contributed by atoms with van der Waals surface area (Å²) in [6, 6.07) is 0.